The molecule has 2 saturated heterocycles. The van der Waals surface area contributed by atoms with Gasteiger partial charge in [-0.05, 0) is 30.5 Å². The van der Waals surface area contributed by atoms with Gasteiger partial charge < -0.3 is 23.8 Å². The molecule has 1 aromatic heterocycles. The number of benzene rings is 1. The van der Waals surface area contributed by atoms with Crippen LogP contribution in [0.1, 0.15) is 17.3 Å². The van der Waals surface area contributed by atoms with Crippen LogP contribution >= 0.6 is 0 Å². The molecule has 5 rings (SSSR count). The quantitative estimate of drug-likeness (QED) is 0.741. The van der Waals surface area contributed by atoms with Crippen LogP contribution in [-0.2, 0) is 22.5 Å². The van der Waals surface area contributed by atoms with Crippen LogP contribution in [0.4, 0.5) is 13.2 Å². The van der Waals surface area contributed by atoms with E-state index in [2.05, 4.69) is 27.2 Å². The van der Waals surface area contributed by atoms with Gasteiger partial charge in [0.15, 0.2) is 17.3 Å². The monoisotopic (exact) mass is 457 g/mol. The van der Waals surface area contributed by atoms with Crippen molar-refractivity contribution < 1.29 is 41.8 Å². The number of aromatic nitrogens is 2. The van der Waals surface area contributed by atoms with E-state index in [1.165, 1.54) is 5.56 Å². The molecule has 32 heavy (non-hydrogen) atoms. The summed E-state index contributed by atoms with van der Waals surface area (Å²) < 4.78 is 53.9. The first kappa shape index (κ1) is 22.3. The number of aliphatic carboxylic acids is 1. The lowest BCUT2D eigenvalue weighted by atomic mass is 9.90. The number of carboxylic acid groups (broad SMARTS) is 1. The van der Waals surface area contributed by atoms with Gasteiger partial charge in [0.2, 0.25) is 12.7 Å². The Labute approximate surface area is 181 Å². The highest BCUT2D eigenvalue weighted by atomic mass is 19.4. The van der Waals surface area contributed by atoms with Crippen molar-refractivity contribution in [3.63, 3.8) is 0 Å². The predicted octanol–water partition coefficient (Wildman–Crippen LogP) is 2.43. The topological polar surface area (TPSA) is 107 Å². The van der Waals surface area contributed by atoms with Gasteiger partial charge in [0, 0.05) is 32.0 Å². The molecule has 0 radical (unpaired) electrons. The van der Waals surface area contributed by atoms with Crippen LogP contribution in [0, 0.1) is 18.8 Å². The number of carboxylic acids is 1. The van der Waals surface area contributed by atoms with Gasteiger partial charge in [-0.3, -0.25) is 4.90 Å². The number of nitrogens with zero attached hydrogens (tertiary/aromatic N) is 3. The lowest BCUT2D eigenvalue weighted by Gasteiger charge is -2.19. The maximum atomic E-state index is 10.6. The molecule has 0 amide bonds. The third-order valence-electron chi connectivity index (χ3n) is 5.61. The number of carbonyl (C=O) groups is 1. The Morgan fingerprint density at radius 3 is 2.69 bits per heavy atom. The summed E-state index contributed by atoms with van der Waals surface area (Å²) >= 11 is 0. The normalized spacial score (nSPS) is 24.2. The van der Waals surface area contributed by atoms with E-state index in [1.54, 1.807) is 0 Å². The third kappa shape index (κ3) is 5.13. The van der Waals surface area contributed by atoms with Gasteiger partial charge in [0.25, 0.3) is 0 Å². The number of rotatable bonds is 4. The molecular weight excluding hydrogens is 435 g/mol. The van der Waals surface area contributed by atoms with Crippen molar-refractivity contribution in [2.75, 3.05) is 26.5 Å². The van der Waals surface area contributed by atoms with E-state index in [4.69, 9.17) is 28.6 Å². The van der Waals surface area contributed by atoms with Crippen molar-refractivity contribution in [2.24, 2.45) is 11.8 Å². The van der Waals surface area contributed by atoms with Gasteiger partial charge in [0.1, 0.15) is 0 Å². The molecule has 0 bridgehead atoms. The van der Waals surface area contributed by atoms with Crippen LogP contribution in [0.25, 0.3) is 0 Å². The van der Waals surface area contributed by atoms with Gasteiger partial charge in [-0.1, -0.05) is 11.2 Å². The molecule has 0 unspecified atom stereocenters. The van der Waals surface area contributed by atoms with Crippen LogP contribution in [-0.4, -0.2) is 64.9 Å². The minimum Gasteiger partial charge on any atom is -0.475 e. The zero-order valence-electron chi connectivity index (χ0n) is 17.2. The maximum absolute atomic E-state index is 10.6. The van der Waals surface area contributed by atoms with Gasteiger partial charge in [-0.15, -0.1) is 0 Å². The molecule has 12 heteroatoms. The van der Waals surface area contributed by atoms with Gasteiger partial charge >= 0.3 is 12.1 Å². The molecule has 3 atom stereocenters. The minimum absolute atomic E-state index is 0.308. The summed E-state index contributed by atoms with van der Waals surface area (Å²) in [6.07, 6.45) is -3.97. The second-order valence-electron chi connectivity index (χ2n) is 7.92. The molecule has 2 fully saturated rings. The molecule has 4 heterocycles. The van der Waals surface area contributed by atoms with Gasteiger partial charge in [-0.2, -0.15) is 18.2 Å². The zero-order valence-corrected chi connectivity index (χ0v) is 17.2. The fraction of sp³-hybridized carbons (Fsp3) is 0.550. The second kappa shape index (κ2) is 8.94. The van der Waals surface area contributed by atoms with Crippen molar-refractivity contribution in [2.45, 2.75) is 32.2 Å². The highest BCUT2D eigenvalue weighted by Crippen LogP contribution is 2.37. The molecular formula is C20H22F3N3O6. The van der Waals surface area contributed by atoms with Crippen molar-refractivity contribution in [3.8, 4) is 11.5 Å². The smallest absolute Gasteiger partial charge is 0.475 e. The molecule has 1 aromatic carbocycles. The highest BCUT2D eigenvalue weighted by molar-refractivity contribution is 5.73. The zero-order chi connectivity index (χ0) is 22.9. The van der Waals surface area contributed by atoms with E-state index in [0.717, 1.165) is 50.1 Å². The summed E-state index contributed by atoms with van der Waals surface area (Å²) in [6, 6.07) is 6.18. The Morgan fingerprint density at radius 1 is 1.25 bits per heavy atom. The van der Waals surface area contributed by atoms with E-state index in [0.29, 0.717) is 30.6 Å². The Bertz CT molecular complexity index is 966. The summed E-state index contributed by atoms with van der Waals surface area (Å²) in [4.78, 5) is 15.7. The minimum atomic E-state index is -5.08. The SMILES string of the molecule is Cc1noc(C[C@H]2CO[C@@H]3CN(Cc4ccc5c(c4)OCO5)C[C@H]23)n1.O=C(O)C(F)(F)F. The number of likely N-dealkylation sites (tertiary alicyclic amines) is 1. The average Bonchev–Trinajstić information content (AvgIpc) is 3.48. The lowest BCUT2D eigenvalue weighted by Crippen LogP contribution is -2.24. The number of hydrogen-bond donors (Lipinski definition) is 1. The van der Waals surface area contributed by atoms with E-state index in [9.17, 15) is 13.2 Å². The summed E-state index contributed by atoms with van der Waals surface area (Å²) in [5, 5.41) is 11.0. The molecule has 3 aliphatic heterocycles. The number of aryl methyl sites for hydroxylation is 1. The van der Waals surface area contributed by atoms with Crippen LogP contribution in [0.15, 0.2) is 22.7 Å². The predicted molar refractivity (Wildman–Crippen MR) is 101 cm³/mol. The van der Waals surface area contributed by atoms with Crippen molar-refractivity contribution >= 4 is 5.97 Å². The van der Waals surface area contributed by atoms with Gasteiger partial charge in [-0.25, -0.2) is 4.79 Å². The van der Waals surface area contributed by atoms with Crippen LogP contribution in [0.2, 0.25) is 0 Å². The second-order valence-corrected chi connectivity index (χ2v) is 7.92. The van der Waals surface area contributed by atoms with Crippen LogP contribution in [0.3, 0.4) is 0 Å². The van der Waals surface area contributed by atoms with Crippen molar-refractivity contribution in [3.05, 3.63) is 35.5 Å². The maximum Gasteiger partial charge on any atom is 0.490 e. The standard InChI is InChI=1S/C18H21N3O4.C2HF3O2/c1-11-19-18(25-20-11)5-13-9-22-17-8-21(7-14(13)17)6-12-2-3-15-16(4-12)24-10-23-15;3-2(4,5)1(6)7/h2-4,13-14,17H,5-10H2,1H3;(H,6,7)/t13-,14+,17+;/m0./s1. The Balaban J connectivity index is 0.000000307. The van der Waals surface area contributed by atoms with E-state index < -0.39 is 12.1 Å². The molecule has 0 spiro atoms. The largest absolute Gasteiger partial charge is 0.490 e. The molecule has 174 valence electrons. The summed E-state index contributed by atoms with van der Waals surface area (Å²) in [6.45, 7) is 5.87. The average molecular weight is 457 g/mol. The molecule has 0 aliphatic carbocycles. The molecule has 1 N–H and O–H groups in total. The van der Waals surface area contributed by atoms with E-state index in [1.807, 2.05) is 13.0 Å². The summed E-state index contributed by atoms with van der Waals surface area (Å²) in [5.74, 6) is 1.32. The Hall–Kier alpha value is -2.86. The Morgan fingerprint density at radius 2 is 2.00 bits per heavy atom. The fourth-order valence-corrected chi connectivity index (χ4v) is 4.16. The Kier molecular flexibility index (Phi) is 6.24. The van der Waals surface area contributed by atoms with E-state index in [-0.39, 0.29) is 0 Å². The van der Waals surface area contributed by atoms with Crippen molar-refractivity contribution in [1.29, 1.82) is 0 Å². The first-order valence-corrected chi connectivity index (χ1v) is 10.0. The summed E-state index contributed by atoms with van der Waals surface area (Å²) in [7, 11) is 0. The van der Waals surface area contributed by atoms with Crippen molar-refractivity contribution in [1.82, 2.24) is 15.0 Å². The number of hydrogen-bond acceptors (Lipinski definition) is 8. The number of alkyl halides is 3. The molecule has 0 saturated carbocycles. The first-order valence-electron chi connectivity index (χ1n) is 10.0. The van der Waals surface area contributed by atoms with Crippen LogP contribution < -0.4 is 9.47 Å². The number of fused-ring (bicyclic) bond motifs is 2. The molecule has 2 aromatic rings. The summed E-state index contributed by atoms with van der Waals surface area (Å²) in [5.41, 5.74) is 1.24. The fourth-order valence-electron chi connectivity index (χ4n) is 4.16. The third-order valence-corrected chi connectivity index (χ3v) is 5.61. The number of halogens is 3. The van der Waals surface area contributed by atoms with Crippen LogP contribution in [0.5, 0.6) is 11.5 Å². The number of ether oxygens (including phenoxy) is 3. The first-order chi connectivity index (χ1) is 15.2. The van der Waals surface area contributed by atoms with E-state index >= 15 is 0 Å². The molecule has 9 nitrogen and oxygen atoms in total. The van der Waals surface area contributed by atoms with Gasteiger partial charge in [0.05, 0.1) is 12.7 Å². The highest BCUT2D eigenvalue weighted by Gasteiger charge is 2.44. The lowest BCUT2D eigenvalue weighted by molar-refractivity contribution is -0.192. The molecule has 3 aliphatic rings.